The molecule has 3 rings (SSSR count). The lowest BCUT2D eigenvalue weighted by atomic mass is 10.1. The first-order valence-electron chi connectivity index (χ1n) is 9.04. The first kappa shape index (κ1) is 22.2. The van der Waals surface area contributed by atoms with Crippen LogP contribution in [-0.4, -0.2) is 20.6 Å². The number of sulfonamides is 1. The van der Waals surface area contributed by atoms with Gasteiger partial charge in [0.2, 0.25) is 10.0 Å². The van der Waals surface area contributed by atoms with Crippen molar-refractivity contribution in [1.29, 1.82) is 0 Å². The molecule has 0 saturated heterocycles. The summed E-state index contributed by atoms with van der Waals surface area (Å²) in [5.41, 5.74) is 2.65. The molecule has 1 N–H and O–H groups in total. The van der Waals surface area contributed by atoms with Gasteiger partial charge in [0, 0.05) is 20.4 Å². The first-order valence-corrected chi connectivity index (χ1v) is 12.0. The van der Waals surface area contributed by atoms with Crippen LogP contribution in [0.5, 0.6) is 0 Å². The van der Waals surface area contributed by atoms with E-state index in [4.69, 9.17) is 0 Å². The van der Waals surface area contributed by atoms with E-state index in [2.05, 4.69) is 27.9 Å². The van der Waals surface area contributed by atoms with Crippen molar-refractivity contribution < 1.29 is 17.6 Å². The number of nitrogens with zero attached hydrogens (tertiary/aromatic N) is 1. The number of carbonyl (C=O) groups excluding carboxylic acids is 1. The third-order valence-electron chi connectivity index (χ3n) is 4.53. The number of amides is 1. The fourth-order valence-corrected chi connectivity index (χ4v) is 4.45. The van der Waals surface area contributed by atoms with Crippen LogP contribution in [0, 0.1) is 16.3 Å². The highest BCUT2D eigenvalue weighted by Crippen LogP contribution is 2.23. The maximum atomic E-state index is 14.0. The molecule has 3 aromatic rings. The van der Waals surface area contributed by atoms with Gasteiger partial charge in [-0.3, -0.25) is 9.10 Å². The monoisotopic (exact) mass is 538 g/mol. The number of aryl methyl sites for hydroxylation is 1. The molecule has 0 aliphatic rings. The number of benzene rings is 3. The highest BCUT2D eigenvalue weighted by molar-refractivity contribution is 14.1. The van der Waals surface area contributed by atoms with Crippen LogP contribution in [0.4, 0.5) is 15.8 Å². The summed E-state index contributed by atoms with van der Waals surface area (Å²) in [6.45, 7) is 1.77. The Hall–Kier alpha value is -2.46. The molecule has 0 spiro atoms. The van der Waals surface area contributed by atoms with Crippen LogP contribution < -0.4 is 9.62 Å². The van der Waals surface area contributed by atoms with Crippen LogP contribution in [-0.2, 0) is 16.6 Å². The quantitative estimate of drug-likeness (QED) is 0.452. The summed E-state index contributed by atoms with van der Waals surface area (Å²) in [7, 11) is -3.66. The zero-order valence-corrected chi connectivity index (χ0v) is 19.4. The van der Waals surface area contributed by atoms with Gasteiger partial charge in [0.25, 0.3) is 5.91 Å². The van der Waals surface area contributed by atoms with Crippen molar-refractivity contribution in [1.82, 2.24) is 0 Å². The fourth-order valence-electron chi connectivity index (χ4n) is 2.92. The number of rotatable bonds is 6. The summed E-state index contributed by atoms with van der Waals surface area (Å²) in [6, 6.07) is 17.9. The molecule has 0 bridgehead atoms. The van der Waals surface area contributed by atoms with Crippen molar-refractivity contribution in [3.05, 3.63) is 92.8 Å². The van der Waals surface area contributed by atoms with Crippen molar-refractivity contribution in [2.75, 3.05) is 15.9 Å². The van der Waals surface area contributed by atoms with Gasteiger partial charge in [-0.2, -0.15) is 0 Å². The Morgan fingerprint density at radius 3 is 2.33 bits per heavy atom. The molecule has 30 heavy (non-hydrogen) atoms. The van der Waals surface area contributed by atoms with E-state index in [1.165, 1.54) is 18.2 Å². The summed E-state index contributed by atoms with van der Waals surface area (Å²) in [4.78, 5) is 12.6. The van der Waals surface area contributed by atoms with Gasteiger partial charge < -0.3 is 5.32 Å². The van der Waals surface area contributed by atoms with E-state index in [-0.39, 0.29) is 18.0 Å². The summed E-state index contributed by atoms with van der Waals surface area (Å²) >= 11 is 2.20. The zero-order chi connectivity index (χ0) is 21.9. The van der Waals surface area contributed by atoms with Crippen molar-refractivity contribution in [2.45, 2.75) is 13.5 Å². The lowest BCUT2D eigenvalue weighted by Gasteiger charge is -2.23. The minimum absolute atomic E-state index is 0.140. The van der Waals surface area contributed by atoms with Crippen LogP contribution in [0.15, 0.2) is 66.7 Å². The number of hydrogen-bond acceptors (Lipinski definition) is 3. The number of nitrogens with one attached hydrogen (secondary N) is 1. The molecule has 0 heterocycles. The van der Waals surface area contributed by atoms with E-state index in [1.807, 2.05) is 25.1 Å². The molecule has 0 atom stereocenters. The Balaban J connectivity index is 1.83. The van der Waals surface area contributed by atoms with Gasteiger partial charge in [-0.1, -0.05) is 18.2 Å². The van der Waals surface area contributed by atoms with E-state index in [0.717, 1.165) is 19.7 Å². The molecule has 0 unspecified atom stereocenters. The van der Waals surface area contributed by atoms with E-state index >= 15 is 0 Å². The predicted octanol–water partition coefficient (Wildman–Crippen LogP) is 4.96. The lowest BCUT2D eigenvalue weighted by Crippen LogP contribution is -2.29. The van der Waals surface area contributed by atoms with E-state index in [9.17, 15) is 17.6 Å². The Morgan fingerprint density at radius 2 is 1.73 bits per heavy atom. The Bertz CT molecular complexity index is 1180. The van der Waals surface area contributed by atoms with Gasteiger partial charge in [0.15, 0.2) is 0 Å². The van der Waals surface area contributed by atoms with Crippen LogP contribution in [0.25, 0.3) is 0 Å². The maximum Gasteiger partial charge on any atom is 0.255 e. The predicted molar refractivity (Wildman–Crippen MR) is 126 cm³/mol. The molecule has 0 saturated carbocycles. The molecule has 0 aliphatic heterocycles. The number of halogens is 2. The van der Waals surface area contributed by atoms with Gasteiger partial charge in [-0.25, -0.2) is 12.8 Å². The SMILES string of the molecule is Cc1cc(I)ccc1NC(=O)c1ccc(N(Cc2ccccc2F)S(C)(=O)=O)cc1. The molecule has 0 radical (unpaired) electrons. The Kier molecular flexibility index (Phi) is 6.77. The molecule has 8 heteroatoms. The number of anilines is 2. The molecular weight excluding hydrogens is 518 g/mol. The largest absolute Gasteiger partial charge is 0.322 e. The Morgan fingerprint density at radius 1 is 1.07 bits per heavy atom. The average Bonchev–Trinajstić information content (AvgIpc) is 2.68. The second-order valence-corrected chi connectivity index (χ2v) is 9.97. The highest BCUT2D eigenvalue weighted by atomic mass is 127. The van der Waals surface area contributed by atoms with Gasteiger partial charge in [-0.05, 0) is 83.6 Å². The minimum Gasteiger partial charge on any atom is -0.322 e. The standard InChI is InChI=1S/C22H20FIN2O3S/c1-15-13-18(24)9-12-21(15)25-22(27)16-7-10-19(11-8-16)26(30(2,28)29)14-17-5-3-4-6-20(17)23/h3-13H,14H2,1-2H3,(H,25,27). The third kappa shape index (κ3) is 5.37. The van der Waals surface area contributed by atoms with Crippen LogP contribution in [0.2, 0.25) is 0 Å². The van der Waals surface area contributed by atoms with E-state index in [0.29, 0.717) is 16.9 Å². The molecule has 156 valence electrons. The summed E-state index contributed by atoms with van der Waals surface area (Å²) in [5, 5.41) is 2.86. The summed E-state index contributed by atoms with van der Waals surface area (Å²) in [5.74, 6) is -0.777. The highest BCUT2D eigenvalue weighted by Gasteiger charge is 2.20. The van der Waals surface area contributed by atoms with Crippen molar-refractivity contribution in [2.24, 2.45) is 0 Å². The first-order chi connectivity index (χ1) is 14.1. The third-order valence-corrected chi connectivity index (χ3v) is 6.34. The number of carbonyl (C=O) groups is 1. The van der Waals surface area contributed by atoms with E-state index < -0.39 is 15.8 Å². The molecule has 3 aromatic carbocycles. The van der Waals surface area contributed by atoms with E-state index in [1.54, 1.807) is 30.3 Å². The van der Waals surface area contributed by atoms with Crippen LogP contribution in [0.3, 0.4) is 0 Å². The summed E-state index contributed by atoms with van der Waals surface area (Å²) in [6.07, 6.45) is 1.06. The summed E-state index contributed by atoms with van der Waals surface area (Å²) < 4.78 is 40.8. The van der Waals surface area contributed by atoms with Gasteiger partial charge in [0.1, 0.15) is 5.82 Å². The maximum absolute atomic E-state index is 14.0. The van der Waals surface area contributed by atoms with Crippen molar-refractivity contribution in [3.63, 3.8) is 0 Å². The topological polar surface area (TPSA) is 66.5 Å². The Labute approximate surface area is 189 Å². The smallest absolute Gasteiger partial charge is 0.255 e. The molecule has 0 aromatic heterocycles. The molecule has 0 aliphatic carbocycles. The van der Waals surface area contributed by atoms with Crippen LogP contribution in [0.1, 0.15) is 21.5 Å². The van der Waals surface area contributed by atoms with Crippen molar-refractivity contribution in [3.8, 4) is 0 Å². The second-order valence-electron chi connectivity index (χ2n) is 6.82. The van der Waals surface area contributed by atoms with Crippen molar-refractivity contribution >= 4 is 49.9 Å². The molecule has 1 amide bonds. The lowest BCUT2D eigenvalue weighted by molar-refractivity contribution is 0.102. The van der Waals surface area contributed by atoms with Gasteiger partial charge in [-0.15, -0.1) is 0 Å². The average molecular weight is 538 g/mol. The minimum atomic E-state index is -3.66. The molecule has 5 nitrogen and oxygen atoms in total. The second kappa shape index (κ2) is 9.13. The van der Waals surface area contributed by atoms with Gasteiger partial charge in [0.05, 0.1) is 18.5 Å². The zero-order valence-electron chi connectivity index (χ0n) is 16.4. The fraction of sp³-hybridized carbons (Fsp3) is 0.136. The van der Waals surface area contributed by atoms with Crippen LogP contribution >= 0.6 is 22.6 Å². The molecular formula is C22H20FIN2O3S. The molecule has 0 fully saturated rings. The normalized spacial score (nSPS) is 11.2. The number of hydrogen-bond donors (Lipinski definition) is 1. The van der Waals surface area contributed by atoms with Gasteiger partial charge >= 0.3 is 0 Å².